The molecule has 0 unspecified atom stereocenters. The normalized spacial score (nSPS) is 24.0. The van der Waals surface area contributed by atoms with Crippen molar-refractivity contribution in [1.29, 1.82) is 0 Å². The summed E-state index contributed by atoms with van der Waals surface area (Å²) in [6, 6.07) is 4.91. The molecule has 1 aliphatic carbocycles. The van der Waals surface area contributed by atoms with Crippen LogP contribution in [0.3, 0.4) is 0 Å². The van der Waals surface area contributed by atoms with Gasteiger partial charge in [0.25, 0.3) is 0 Å². The Hall–Kier alpha value is -2.34. The van der Waals surface area contributed by atoms with Gasteiger partial charge in [-0.25, -0.2) is 13.4 Å². The van der Waals surface area contributed by atoms with E-state index in [1.165, 1.54) is 10.5 Å². The first-order valence-corrected chi connectivity index (χ1v) is 14.4. The average Bonchev–Trinajstić information content (AvgIpc) is 3.61. The van der Waals surface area contributed by atoms with E-state index in [9.17, 15) is 13.2 Å². The fourth-order valence-electron chi connectivity index (χ4n) is 5.08. The lowest BCUT2D eigenvalue weighted by Gasteiger charge is -2.36. The highest BCUT2D eigenvalue weighted by molar-refractivity contribution is 7.89. The van der Waals surface area contributed by atoms with Crippen molar-refractivity contribution in [1.82, 2.24) is 19.3 Å². The molecule has 36 heavy (non-hydrogen) atoms. The average molecular weight is 518 g/mol. The smallest absolute Gasteiger partial charge is 0.244 e. The monoisotopic (exact) mass is 517 g/mol. The maximum atomic E-state index is 13.3. The van der Waals surface area contributed by atoms with Crippen LogP contribution < -0.4 is 5.32 Å². The van der Waals surface area contributed by atoms with Gasteiger partial charge < -0.3 is 14.6 Å². The number of morpholine rings is 1. The summed E-state index contributed by atoms with van der Waals surface area (Å²) < 4.78 is 38.8. The van der Waals surface area contributed by atoms with Crippen LogP contribution in [-0.4, -0.2) is 85.5 Å². The van der Waals surface area contributed by atoms with Crippen molar-refractivity contribution in [2.75, 3.05) is 51.3 Å². The molecule has 2 atom stereocenters. The highest BCUT2D eigenvalue weighted by Crippen LogP contribution is 2.40. The molecule has 5 rings (SSSR count). The van der Waals surface area contributed by atoms with Gasteiger partial charge in [-0.05, 0) is 50.7 Å². The van der Waals surface area contributed by atoms with E-state index < -0.39 is 10.0 Å². The Morgan fingerprint density at radius 2 is 1.97 bits per heavy atom. The van der Waals surface area contributed by atoms with E-state index in [0.29, 0.717) is 43.2 Å². The second-order valence-corrected chi connectivity index (χ2v) is 12.0. The number of carbonyl (C=O) groups is 1. The molecule has 10 nitrogen and oxygen atoms in total. The number of anilines is 1. The Bertz CT molecular complexity index is 1140. The van der Waals surface area contributed by atoms with E-state index in [0.717, 1.165) is 58.0 Å². The maximum Gasteiger partial charge on any atom is 0.244 e. The van der Waals surface area contributed by atoms with Crippen LogP contribution in [0.1, 0.15) is 61.2 Å². The van der Waals surface area contributed by atoms with Gasteiger partial charge in [-0.3, -0.25) is 9.69 Å². The number of pyridine rings is 1. The summed E-state index contributed by atoms with van der Waals surface area (Å²) in [6.45, 7) is 7.29. The standard InChI is InChI=1S/C25H35N5O5S/c1-18-14-19(15-23(31)22-16-24(35-28-22)20-2-3-20)6-8-30(18)36(32,33)21-4-5-25(27-17-21)26-7-9-29-10-12-34-13-11-29/h4-5,16-20H,2-3,6-15H2,1H3,(H,26,27)/t18-,19-/m1/s1. The number of sulfonamides is 1. The molecule has 4 heterocycles. The third-order valence-corrected chi connectivity index (χ3v) is 9.37. The van der Waals surface area contributed by atoms with Gasteiger partial charge in [-0.1, -0.05) is 5.16 Å². The molecule has 1 N–H and O–H groups in total. The molecule has 0 aromatic carbocycles. The zero-order valence-corrected chi connectivity index (χ0v) is 21.6. The van der Waals surface area contributed by atoms with Gasteiger partial charge in [0.05, 0.1) is 13.2 Å². The first-order valence-electron chi connectivity index (χ1n) is 12.9. The molecule has 196 valence electrons. The highest BCUT2D eigenvalue weighted by atomic mass is 32.2. The summed E-state index contributed by atoms with van der Waals surface area (Å²) in [5.74, 6) is 1.97. The van der Waals surface area contributed by atoms with Crippen LogP contribution >= 0.6 is 0 Å². The first-order chi connectivity index (χ1) is 17.4. The zero-order chi connectivity index (χ0) is 25.1. The number of piperidine rings is 1. The summed E-state index contributed by atoms with van der Waals surface area (Å²) >= 11 is 0. The number of aromatic nitrogens is 2. The molecule has 3 aliphatic rings. The molecule has 2 aromatic heterocycles. The number of hydrogen-bond acceptors (Lipinski definition) is 9. The van der Waals surface area contributed by atoms with Crippen LogP contribution in [0, 0.1) is 5.92 Å². The predicted molar refractivity (Wildman–Crippen MR) is 133 cm³/mol. The largest absolute Gasteiger partial charge is 0.379 e. The van der Waals surface area contributed by atoms with Gasteiger partial charge in [-0.15, -0.1) is 0 Å². The second kappa shape index (κ2) is 11.0. The summed E-state index contributed by atoms with van der Waals surface area (Å²) in [6.07, 6.45) is 5.25. The van der Waals surface area contributed by atoms with Crippen LogP contribution in [0.25, 0.3) is 0 Å². The minimum atomic E-state index is -3.66. The van der Waals surface area contributed by atoms with Gasteiger partial charge in [0.2, 0.25) is 10.0 Å². The number of rotatable bonds is 10. The van der Waals surface area contributed by atoms with Gasteiger partial charge >= 0.3 is 0 Å². The maximum absolute atomic E-state index is 13.3. The number of ketones is 1. The van der Waals surface area contributed by atoms with Crippen LogP contribution in [0.15, 0.2) is 33.8 Å². The Kier molecular flexibility index (Phi) is 7.71. The van der Waals surface area contributed by atoms with E-state index in [4.69, 9.17) is 9.26 Å². The Balaban J connectivity index is 1.12. The fraction of sp³-hybridized carbons (Fsp3) is 0.640. The predicted octanol–water partition coefficient (Wildman–Crippen LogP) is 2.75. The topological polar surface area (TPSA) is 118 Å². The molecule has 1 saturated carbocycles. The van der Waals surface area contributed by atoms with Crippen molar-refractivity contribution in [3.63, 3.8) is 0 Å². The third kappa shape index (κ3) is 5.96. The summed E-state index contributed by atoms with van der Waals surface area (Å²) in [5, 5.41) is 7.22. The quantitative estimate of drug-likeness (QED) is 0.475. The number of nitrogens with one attached hydrogen (secondary N) is 1. The minimum absolute atomic E-state index is 0.0277. The van der Waals surface area contributed by atoms with Gasteiger partial charge in [0.1, 0.15) is 22.2 Å². The summed E-state index contributed by atoms with van der Waals surface area (Å²) in [4.78, 5) is 19.5. The van der Waals surface area contributed by atoms with Crippen molar-refractivity contribution >= 4 is 21.6 Å². The lowest BCUT2D eigenvalue weighted by atomic mass is 9.88. The van der Waals surface area contributed by atoms with E-state index in [1.807, 2.05) is 6.92 Å². The Morgan fingerprint density at radius 3 is 2.67 bits per heavy atom. The van der Waals surface area contributed by atoms with Crippen molar-refractivity contribution in [2.45, 2.75) is 55.9 Å². The SMILES string of the molecule is C[C@@H]1C[C@H](CC(=O)c2cc(C3CC3)on2)CCN1S(=O)(=O)c1ccc(NCCN2CCOCC2)nc1. The van der Waals surface area contributed by atoms with E-state index in [2.05, 4.69) is 20.4 Å². The molecular formula is C25H35N5O5S. The van der Waals surface area contributed by atoms with E-state index in [-0.39, 0.29) is 22.6 Å². The number of nitrogens with zero attached hydrogens (tertiary/aromatic N) is 4. The fourth-order valence-corrected chi connectivity index (χ4v) is 6.68. The summed E-state index contributed by atoms with van der Waals surface area (Å²) in [7, 11) is -3.66. The molecular weight excluding hydrogens is 482 g/mol. The molecule has 0 amide bonds. The van der Waals surface area contributed by atoms with Gasteiger partial charge in [-0.2, -0.15) is 4.31 Å². The van der Waals surface area contributed by atoms with Gasteiger partial charge in [0, 0.05) is 63.4 Å². The molecule has 11 heteroatoms. The molecule has 0 spiro atoms. The van der Waals surface area contributed by atoms with E-state index in [1.54, 1.807) is 18.2 Å². The second-order valence-electron chi connectivity index (χ2n) is 10.1. The molecule has 3 fully saturated rings. The van der Waals surface area contributed by atoms with Crippen LogP contribution in [0.5, 0.6) is 0 Å². The van der Waals surface area contributed by atoms with Crippen LogP contribution in [0.4, 0.5) is 5.82 Å². The third-order valence-electron chi connectivity index (χ3n) is 7.37. The zero-order valence-electron chi connectivity index (χ0n) is 20.8. The van der Waals surface area contributed by atoms with Crippen molar-refractivity contribution < 1.29 is 22.5 Å². The van der Waals surface area contributed by atoms with Crippen molar-refractivity contribution in [3.05, 3.63) is 35.9 Å². The highest BCUT2D eigenvalue weighted by Gasteiger charge is 2.36. The minimum Gasteiger partial charge on any atom is -0.379 e. The molecule has 2 saturated heterocycles. The molecule has 0 bridgehead atoms. The Labute approximate surface area is 212 Å². The van der Waals surface area contributed by atoms with Crippen molar-refractivity contribution in [2.24, 2.45) is 5.92 Å². The number of hydrogen-bond donors (Lipinski definition) is 1. The Morgan fingerprint density at radius 1 is 1.17 bits per heavy atom. The van der Waals surface area contributed by atoms with E-state index >= 15 is 0 Å². The molecule has 2 aliphatic heterocycles. The first kappa shape index (κ1) is 25.3. The number of Topliss-reactive ketones (excluding diaryl/α,β-unsaturated/α-hetero) is 1. The van der Waals surface area contributed by atoms with Gasteiger partial charge in [0.15, 0.2) is 5.78 Å². The lowest BCUT2D eigenvalue weighted by molar-refractivity contribution is 0.0398. The van der Waals surface area contributed by atoms with Crippen LogP contribution in [-0.2, 0) is 14.8 Å². The number of carbonyl (C=O) groups excluding carboxylic acids is 1. The lowest BCUT2D eigenvalue weighted by Crippen LogP contribution is -2.44. The van der Waals surface area contributed by atoms with Crippen molar-refractivity contribution in [3.8, 4) is 0 Å². The number of ether oxygens (including phenoxy) is 1. The summed E-state index contributed by atoms with van der Waals surface area (Å²) in [5.41, 5.74) is 0.393. The molecule has 2 aromatic rings. The molecule has 0 radical (unpaired) electrons. The van der Waals surface area contributed by atoms with Crippen LogP contribution in [0.2, 0.25) is 0 Å².